The fourth-order valence-corrected chi connectivity index (χ4v) is 7.06. The quantitative estimate of drug-likeness (QED) is 0.162. The Morgan fingerprint density at radius 1 is 0.697 bits per heavy atom. The Bertz CT molecular complexity index is 743. The van der Waals surface area contributed by atoms with Crippen molar-refractivity contribution in [3.8, 4) is 17.1 Å². The molecule has 0 N–H and O–H groups in total. The maximum Gasteiger partial charge on any atom is 0.159 e. The van der Waals surface area contributed by atoms with Crippen molar-refractivity contribution in [2.75, 3.05) is 6.61 Å². The predicted octanol–water partition coefficient (Wildman–Crippen LogP) is 9.10. The summed E-state index contributed by atoms with van der Waals surface area (Å²) in [5, 5.41) is 0. The van der Waals surface area contributed by atoms with E-state index in [-0.39, 0.29) is 0 Å². The highest BCUT2D eigenvalue weighted by Gasteiger charge is 2.18. The molecule has 184 valence electrons. The zero-order chi connectivity index (χ0) is 23.8. The zero-order valence-electron chi connectivity index (χ0n) is 21.9. The molecule has 0 bridgehead atoms. The molecule has 0 aliphatic carbocycles. The second-order valence-electron chi connectivity index (χ2n) is 10.4. The van der Waals surface area contributed by atoms with Gasteiger partial charge >= 0.3 is 0 Å². The molecule has 0 atom stereocenters. The number of aromatic nitrogens is 2. The highest BCUT2D eigenvalue weighted by atomic mass is 28.3. The first-order valence-corrected chi connectivity index (χ1v) is 17.0. The lowest BCUT2D eigenvalue weighted by Gasteiger charge is -2.21. The van der Waals surface area contributed by atoms with Crippen LogP contribution in [-0.4, -0.2) is 24.6 Å². The second kappa shape index (κ2) is 16.0. The predicted molar refractivity (Wildman–Crippen MR) is 146 cm³/mol. The van der Waals surface area contributed by atoms with Crippen LogP contribution in [0.5, 0.6) is 5.75 Å². The summed E-state index contributed by atoms with van der Waals surface area (Å²) in [4.78, 5) is 9.18. The molecule has 0 amide bonds. The van der Waals surface area contributed by atoms with Crippen molar-refractivity contribution in [1.29, 1.82) is 0 Å². The zero-order valence-corrected chi connectivity index (χ0v) is 22.9. The minimum Gasteiger partial charge on any atom is -0.494 e. The van der Waals surface area contributed by atoms with Crippen LogP contribution in [0.4, 0.5) is 0 Å². The third-order valence-corrected chi connectivity index (χ3v) is 10.0. The molecule has 0 fully saturated rings. The van der Waals surface area contributed by atoms with Crippen molar-refractivity contribution in [3.05, 3.63) is 42.2 Å². The van der Waals surface area contributed by atoms with E-state index in [1.165, 1.54) is 81.9 Å². The molecule has 1 aromatic carbocycles. The third-order valence-electron chi connectivity index (χ3n) is 6.61. The lowest BCUT2D eigenvalue weighted by Crippen LogP contribution is -2.24. The van der Waals surface area contributed by atoms with E-state index in [9.17, 15) is 0 Å². The van der Waals surface area contributed by atoms with Crippen LogP contribution in [0.15, 0.2) is 36.7 Å². The molecule has 1 heterocycles. The van der Waals surface area contributed by atoms with Crippen LogP contribution in [0.2, 0.25) is 25.2 Å². The highest BCUT2D eigenvalue weighted by molar-refractivity contribution is 6.77. The van der Waals surface area contributed by atoms with Crippen molar-refractivity contribution in [3.63, 3.8) is 0 Å². The number of unbranched alkanes of at least 4 members (excludes halogenated alkanes) is 8. The van der Waals surface area contributed by atoms with Crippen LogP contribution in [-0.2, 0) is 6.42 Å². The molecule has 0 unspecified atom stereocenters. The summed E-state index contributed by atoms with van der Waals surface area (Å²) in [6.45, 7) is 10.5. The molecular formula is C29H48N2OSi. The van der Waals surface area contributed by atoms with Gasteiger partial charge in [-0.3, -0.25) is 0 Å². The van der Waals surface area contributed by atoms with Crippen molar-refractivity contribution in [2.45, 2.75) is 116 Å². The Kier molecular flexibility index (Phi) is 13.4. The fraction of sp³-hybridized carbons (Fsp3) is 0.655. The van der Waals surface area contributed by atoms with Crippen LogP contribution in [0.3, 0.4) is 0 Å². The maximum absolute atomic E-state index is 5.96. The number of aryl methyl sites for hydroxylation is 1. The second-order valence-corrected chi connectivity index (χ2v) is 15.7. The van der Waals surface area contributed by atoms with E-state index < -0.39 is 8.07 Å². The summed E-state index contributed by atoms with van der Waals surface area (Å²) in [6.07, 6.45) is 19.5. The van der Waals surface area contributed by atoms with Crippen molar-refractivity contribution >= 4 is 8.07 Å². The molecule has 0 aliphatic rings. The molecule has 0 saturated heterocycles. The van der Waals surface area contributed by atoms with Gasteiger partial charge in [0.25, 0.3) is 0 Å². The largest absolute Gasteiger partial charge is 0.494 e. The number of benzene rings is 1. The van der Waals surface area contributed by atoms with E-state index in [1.807, 2.05) is 24.5 Å². The Hall–Kier alpha value is -1.68. The first-order valence-electron chi connectivity index (χ1n) is 13.6. The Labute approximate surface area is 204 Å². The summed E-state index contributed by atoms with van der Waals surface area (Å²) in [6, 6.07) is 11.2. The summed E-state index contributed by atoms with van der Waals surface area (Å²) >= 11 is 0. The molecule has 4 heteroatoms. The van der Waals surface area contributed by atoms with Gasteiger partial charge in [-0.1, -0.05) is 96.8 Å². The molecule has 1 aromatic heterocycles. The van der Waals surface area contributed by atoms with Crippen molar-refractivity contribution < 1.29 is 4.74 Å². The monoisotopic (exact) mass is 468 g/mol. The number of rotatable bonds is 18. The van der Waals surface area contributed by atoms with Gasteiger partial charge in [0.1, 0.15) is 5.75 Å². The third kappa shape index (κ3) is 11.8. The first-order chi connectivity index (χ1) is 16.0. The van der Waals surface area contributed by atoms with Crippen LogP contribution < -0.4 is 4.74 Å². The van der Waals surface area contributed by atoms with E-state index in [2.05, 4.69) is 49.0 Å². The van der Waals surface area contributed by atoms with Gasteiger partial charge in [-0.05, 0) is 49.1 Å². The van der Waals surface area contributed by atoms with Gasteiger partial charge in [0.05, 0.1) is 6.61 Å². The fourth-order valence-electron chi connectivity index (χ4n) is 4.30. The molecule has 2 aromatic rings. The van der Waals surface area contributed by atoms with Gasteiger partial charge in [-0.25, -0.2) is 9.97 Å². The molecule has 0 aliphatic heterocycles. The molecule has 2 rings (SSSR count). The van der Waals surface area contributed by atoms with Gasteiger partial charge in [0.2, 0.25) is 0 Å². The van der Waals surface area contributed by atoms with Crippen LogP contribution in [0, 0.1) is 0 Å². The number of nitrogens with zero attached hydrogens (tertiary/aromatic N) is 2. The van der Waals surface area contributed by atoms with Gasteiger partial charge in [-0.2, -0.15) is 0 Å². The molecular weight excluding hydrogens is 420 g/mol. The molecule has 33 heavy (non-hydrogen) atoms. The maximum atomic E-state index is 5.96. The van der Waals surface area contributed by atoms with E-state index in [4.69, 9.17) is 4.74 Å². The van der Waals surface area contributed by atoms with Gasteiger partial charge in [0, 0.05) is 26.0 Å². The normalized spacial score (nSPS) is 11.6. The standard InChI is InChI=1S/C29H48N2OSi/c1-5-7-9-10-11-13-16-26-24-30-29(31-25-26)27-17-19-28(20-18-27)32-21-14-12-15-23-33(3,4)22-8-6-2/h17-20,24-25H,5-16,21-23H2,1-4H3. The first kappa shape index (κ1) is 27.6. The molecule has 0 radical (unpaired) electrons. The lowest BCUT2D eigenvalue weighted by atomic mass is 10.1. The molecule has 0 spiro atoms. The van der Waals surface area contributed by atoms with Crippen LogP contribution >= 0.6 is 0 Å². The Balaban J connectivity index is 1.65. The lowest BCUT2D eigenvalue weighted by molar-refractivity contribution is 0.306. The number of ether oxygens (including phenoxy) is 1. The highest BCUT2D eigenvalue weighted by Crippen LogP contribution is 2.23. The summed E-state index contributed by atoms with van der Waals surface area (Å²) in [7, 11) is -0.957. The van der Waals surface area contributed by atoms with E-state index >= 15 is 0 Å². The smallest absolute Gasteiger partial charge is 0.159 e. The van der Waals surface area contributed by atoms with Gasteiger partial charge in [-0.15, -0.1) is 0 Å². The summed E-state index contributed by atoms with van der Waals surface area (Å²) in [5.74, 6) is 1.74. The number of hydrogen-bond acceptors (Lipinski definition) is 3. The minimum absolute atomic E-state index is 0.795. The van der Waals surface area contributed by atoms with Crippen molar-refractivity contribution in [2.24, 2.45) is 0 Å². The average Bonchev–Trinajstić information content (AvgIpc) is 2.83. The average molecular weight is 469 g/mol. The SMILES string of the molecule is CCCCCCCCc1cnc(-c2ccc(OCCCCC[Si](C)(C)CCCC)cc2)nc1. The van der Waals surface area contributed by atoms with E-state index in [1.54, 1.807) is 0 Å². The van der Waals surface area contributed by atoms with E-state index in [0.717, 1.165) is 36.6 Å². The van der Waals surface area contributed by atoms with Crippen LogP contribution in [0.25, 0.3) is 11.4 Å². The number of hydrogen-bond donors (Lipinski definition) is 0. The van der Waals surface area contributed by atoms with Crippen molar-refractivity contribution in [1.82, 2.24) is 9.97 Å². The van der Waals surface area contributed by atoms with Gasteiger partial charge in [0.15, 0.2) is 5.82 Å². The minimum atomic E-state index is -0.957. The van der Waals surface area contributed by atoms with Gasteiger partial charge < -0.3 is 4.74 Å². The van der Waals surface area contributed by atoms with Crippen LogP contribution in [0.1, 0.15) is 90.0 Å². The Morgan fingerprint density at radius 3 is 2.00 bits per heavy atom. The topological polar surface area (TPSA) is 35.0 Å². The molecule has 0 saturated carbocycles. The summed E-state index contributed by atoms with van der Waals surface area (Å²) in [5.41, 5.74) is 2.29. The summed E-state index contributed by atoms with van der Waals surface area (Å²) < 4.78 is 5.96. The Morgan fingerprint density at radius 2 is 1.30 bits per heavy atom. The van der Waals surface area contributed by atoms with E-state index in [0.29, 0.717) is 0 Å². The molecule has 3 nitrogen and oxygen atoms in total.